The molecule has 0 bridgehead atoms. The van der Waals surface area contributed by atoms with E-state index in [1.807, 2.05) is 21.1 Å². The number of nitrogens with zero attached hydrogens (tertiary/aromatic N) is 1. The minimum atomic E-state index is -4.28. The molecule has 0 aliphatic heterocycles. The number of carbonyl (C=O) groups excluding carboxylic acids is 1. The molecule has 2 atom stereocenters. The average molecular weight is 825 g/mol. The van der Waals surface area contributed by atoms with Crippen LogP contribution in [0.15, 0.2) is 48.6 Å². The van der Waals surface area contributed by atoms with Gasteiger partial charge >= 0.3 is 13.8 Å². The van der Waals surface area contributed by atoms with Crippen LogP contribution < -0.4 is 0 Å². The quantitative estimate of drug-likeness (QED) is 0.0215. The van der Waals surface area contributed by atoms with Gasteiger partial charge in [0.2, 0.25) is 0 Å². The minimum Gasteiger partial charge on any atom is -0.457 e. The average Bonchev–Trinajstić information content (AvgIpc) is 3.16. The van der Waals surface area contributed by atoms with Gasteiger partial charge in [0.05, 0.1) is 34.4 Å². The molecular formula is C48H91NO7P+. The molecule has 0 aromatic carbocycles. The Morgan fingerprint density at radius 2 is 1.00 bits per heavy atom. The van der Waals surface area contributed by atoms with E-state index in [2.05, 4.69) is 62.5 Å². The molecule has 0 rings (SSSR count). The molecule has 0 amide bonds. The molecule has 0 radical (unpaired) electrons. The lowest BCUT2D eigenvalue weighted by atomic mass is 10.1. The highest BCUT2D eigenvalue weighted by Gasteiger charge is 2.26. The summed E-state index contributed by atoms with van der Waals surface area (Å²) in [6, 6.07) is 0. The lowest BCUT2D eigenvalue weighted by Crippen LogP contribution is -2.37. The maximum Gasteiger partial charge on any atom is 0.472 e. The van der Waals surface area contributed by atoms with E-state index < -0.39 is 13.9 Å². The van der Waals surface area contributed by atoms with Gasteiger partial charge in [-0.1, -0.05) is 165 Å². The number of phosphoric ester groups is 1. The van der Waals surface area contributed by atoms with E-state index in [9.17, 15) is 14.3 Å². The van der Waals surface area contributed by atoms with E-state index in [1.54, 1.807) is 0 Å². The fourth-order valence-electron chi connectivity index (χ4n) is 6.21. The van der Waals surface area contributed by atoms with Crippen LogP contribution in [-0.2, 0) is 27.9 Å². The highest BCUT2D eigenvalue weighted by molar-refractivity contribution is 7.47. The summed E-state index contributed by atoms with van der Waals surface area (Å²) in [5, 5.41) is 0. The van der Waals surface area contributed by atoms with Crippen LogP contribution in [0, 0.1) is 0 Å². The molecule has 0 fully saturated rings. The number of rotatable bonds is 43. The van der Waals surface area contributed by atoms with Crippen molar-refractivity contribution in [2.24, 2.45) is 0 Å². The number of phosphoric acid groups is 1. The van der Waals surface area contributed by atoms with Gasteiger partial charge in [-0.15, -0.1) is 0 Å². The molecule has 57 heavy (non-hydrogen) atoms. The molecular weight excluding hydrogens is 734 g/mol. The first-order chi connectivity index (χ1) is 27.6. The van der Waals surface area contributed by atoms with Crippen molar-refractivity contribution in [2.45, 2.75) is 200 Å². The van der Waals surface area contributed by atoms with Crippen molar-refractivity contribution in [2.75, 3.05) is 54.1 Å². The fourth-order valence-corrected chi connectivity index (χ4v) is 6.95. The molecule has 0 aliphatic rings. The second kappa shape index (κ2) is 41.2. The summed E-state index contributed by atoms with van der Waals surface area (Å²) < 4.78 is 35.0. The molecule has 0 aromatic rings. The van der Waals surface area contributed by atoms with Crippen molar-refractivity contribution in [3.05, 3.63) is 48.6 Å². The maximum absolute atomic E-state index is 12.7. The van der Waals surface area contributed by atoms with Gasteiger partial charge in [0.1, 0.15) is 19.3 Å². The van der Waals surface area contributed by atoms with E-state index in [0.717, 1.165) is 51.4 Å². The summed E-state index contributed by atoms with van der Waals surface area (Å²) in [5.41, 5.74) is 0. The van der Waals surface area contributed by atoms with Gasteiger partial charge in [-0.05, 0) is 70.6 Å². The Bertz CT molecular complexity index is 1050. The van der Waals surface area contributed by atoms with Gasteiger partial charge in [-0.25, -0.2) is 4.57 Å². The van der Waals surface area contributed by atoms with E-state index in [-0.39, 0.29) is 25.8 Å². The molecule has 8 nitrogen and oxygen atoms in total. The topological polar surface area (TPSA) is 91.3 Å². The Kier molecular flexibility index (Phi) is 40.1. The van der Waals surface area contributed by atoms with Gasteiger partial charge in [0.25, 0.3) is 0 Å². The maximum atomic E-state index is 12.7. The predicted molar refractivity (Wildman–Crippen MR) is 243 cm³/mol. The second-order valence-corrected chi connectivity index (χ2v) is 18.2. The zero-order valence-corrected chi connectivity index (χ0v) is 38.7. The summed E-state index contributed by atoms with van der Waals surface area (Å²) in [6.45, 7) is 5.53. The SMILES string of the molecule is CCC/C=C\C/C=C\CCCCCCCCOCC(COP(=O)(O)OCC[N+](C)(C)C)OC(=O)CCCCCCCCCCC/C=C\C/C=C\CCCCCCC. The Hall–Kier alpha value is -1.54. The molecule has 1 N–H and O–H groups in total. The standard InChI is InChI=1S/C48H90NO7P/c1-6-8-10-12-14-16-18-20-22-23-24-25-26-27-28-29-31-33-35-37-39-41-48(50)56-47(46-55-57(51,52)54-44-42-49(3,4)5)45-53-43-40-38-36-34-32-30-21-19-17-15-13-11-9-7-2/h11,13,17-20,23-24,47H,6-10,12,14-16,21-22,25-46H2,1-5H3/p+1/b13-11-,19-17-,20-18-,24-23-. The fraction of sp³-hybridized carbons (Fsp3) is 0.812. The minimum absolute atomic E-state index is 0.0842. The van der Waals surface area contributed by atoms with Gasteiger partial charge in [0.15, 0.2) is 0 Å². The van der Waals surface area contributed by atoms with E-state index in [0.29, 0.717) is 24.1 Å². The van der Waals surface area contributed by atoms with Crippen LogP contribution in [0.25, 0.3) is 0 Å². The number of quaternary nitrogens is 1. The molecule has 0 heterocycles. The van der Waals surface area contributed by atoms with Gasteiger partial charge in [-0.3, -0.25) is 13.8 Å². The number of ether oxygens (including phenoxy) is 2. The van der Waals surface area contributed by atoms with Crippen molar-refractivity contribution < 1.29 is 37.3 Å². The molecule has 0 saturated heterocycles. The number of carbonyl (C=O) groups is 1. The van der Waals surface area contributed by atoms with Crippen LogP contribution >= 0.6 is 7.82 Å². The van der Waals surface area contributed by atoms with Gasteiger partial charge in [-0.2, -0.15) is 0 Å². The lowest BCUT2D eigenvalue weighted by Gasteiger charge is -2.24. The number of hydrogen-bond acceptors (Lipinski definition) is 6. The van der Waals surface area contributed by atoms with Gasteiger partial charge < -0.3 is 18.9 Å². The summed E-state index contributed by atoms with van der Waals surface area (Å²) in [7, 11) is 1.65. The molecule has 0 aliphatic carbocycles. The van der Waals surface area contributed by atoms with Crippen LogP contribution in [0.5, 0.6) is 0 Å². The Labute approximate surface area is 352 Å². The first-order valence-corrected chi connectivity index (χ1v) is 24.9. The monoisotopic (exact) mass is 825 g/mol. The molecule has 9 heteroatoms. The smallest absolute Gasteiger partial charge is 0.457 e. The van der Waals surface area contributed by atoms with Crippen molar-refractivity contribution in [1.82, 2.24) is 0 Å². The third-order valence-electron chi connectivity index (χ3n) is 9.84. The van der Waals surface area contributed by atoms with Crippen molar-refractivity contribution >= 4 is 13.8 Å². The highest BCUT2D eigenvalue weighted by atomic mass is 31.2. The van der Waals surface area contributed by atoms with Crippen molar-refractivity contribution in [3.63, 3.8) is 0 Å². The van der Waals surface area contributed by atoms with Crippen LogP contribution in [0.3, 0.4) is 0 Å². The number of esters is 1. The van der Waals surface area contributed by atoms with E-state index in [4.69, 9.17) is 18.5 Å². The number of unbranched alkanes of at least 4 members (excludes halogenated alkanes) is 21. The Morgan fingerprint density at radius 1 is 0.544 bits per heavy atom. The zero-order chi connectivity index (χ0) is 42.0. The molecule has 0 spiro atoms. The summed E-state index contributed by atoms with van der Waals surface area (Å²) in [4.78, 5) is 22.9. The number of likely N-dealkylation sites (N-methyl/N-ethyl adjacent to an activating group) is 1. The Balaban J connectivity index is 4.19. The first kappa shape index (κ1) is 55.5. The third kappa shape index (κ3) is 45.4. The predicted octanol–water partition coefficient (Wildman–Crippen LogP) is 13.9. The molecule has 334 valence electrons. The summed E-state index contributed by atoms with van der Waals surface area (Å²) in [5.74, 6) is -0.323. The molecule has 0 aromatic heterocycles. The molecule has 2 unspecified atom stereocenters. The normalized spacial score (nSPS) is 14.1. The zero-order valence-electron chi connectivity index (χ0n) is 37.8. The number of allylic oxidation sites excluding steroid dienone is 8. The summed E-state index contributed by atoms with van der Waals surface area (Å²) in [6.07, 6.45) is 50.0. The largest absolute Gasteiger partial charge is 0.472 e. The second-order valence-electron chi connectivity index (χ2n) is 16.8. The van der Waals surface area contributed by atoms with E-state index >= 15 is 0 Å². The third-order valence-corrected chi connectivity index (χ3v) is 10.8. The van der Waals surface area contributed by atoms with Crippen molar-refractivity contribution in [1.29, 1.82) is 0 Å². The van der Waals surface area contributed by atoms with E-state index in [1.165, 1.54) is 122 Å². The number of hydrogen-bond donors (Lipinski definition) is 1. The lowest BCUT2D eigenvalue weighted by molar-refractivity contribution is -0.870. The van der Waals surface area contributed by atoms with Crippen LogP contribution in [0.4, 0.5) is 0 Å². The van der Waals surface area contributed by atoms with Crippen LogP contribution in [0.2, 0.25) is 0 Å². The Morgan fingerprint density at radius 3 is 1.49 bits per heavy atom. The molecule has 0 saturated carbocycles. The van der Waals surface area contributed by atoms with Gasteiger partial charge in [0, 0.05) is 13.0 Å². The van der Waals surface area contributed by atoms with Crippen molar-refractivity contribution in [3.8, 4) is 0 Å². The summed E-state index contributed by atoms with van der Waals surface area (Å²) >= 11 is 0. The van der Waals surface area contributed by atoms with Crippen LogP contribution in [0.1, 0.15) is 194 Å². The van der Waals surface area contributed by atoms with Crippen LogP contribution in [-0.4, -0.2) is 75.6 Å². The highest BCUT2D eigenvalue weighted by Crippen LogP contribution is 2.43. The first-order valence-electron chi connectivity index (χ1n) is 23.4.